The Morgan fingerprint density at radius 3 is 1.66 bits per heavy atom. The molecule has 0 amide bonds. The third-order valence-electron chi connectivity index (χ3n) is 6.67. The minimum atomic E-state index is 0.389. The number of hydrogen-bond acceptors (Lipinski definition) is 3. The minimum absolute atomic E-state index is 0.389. The zero-order valence-electron chi connectivity index (χ0n) is 20.3. The van der Waals surface area contributed by atoms with Crippen molar-refractivity contribution in [2.75, 3.05) is 0 Å². The van der Waals surface area contributed by atoms with Crippen molar-refractivity contribution >= 4 is 16.6 Å². The van der Waals surface area contributed by atoms with Crippen molar-refractivity contribution in [1.29, 1.82) is 5.26 Å². The zero-order chi connectivity index (χ0) is 25.9. The van der Waals surface area contributed by atoms with E-state index in [1.54, 1.807) is 12.4 Å². The Kier molecular flexibility index (Phi) is 5.91. The van der Waals surface area contributed by atoms with Crippen molar-refractivity contribution in [3.8, 4) is 50.6 Å². The van der Waals surface area contributed by atoms with Gasteiger partial charge in [-0.2, -0.15) is 5.26 Å². The van der Waals surface area contributed by atoms with Crippen LogP contribution in [0, 0.1) is 17.9 Å². The van der Waals surface area contributed by atoms with Gasteiger partial charge >= 0.3 is 0 Å². The van der Waals surface area contributed by atoms with Gasteiger partial charge in [0.25, 0.3) is 5.82 Å². The van der Waals surface area contributed by atoms with E-state index in [0.29, 0.717) is 11.5 Å². The summed E-state index contributed by atoms with van der Waals surface area (Å²) >= 11 is 0. The van der Waals surface area contributed by atoms with Gasteiger partial charge in [0.05, 0.1) is 0 Å². The predicted octanol–water partition coefficient (Wildman–Crippen LogP) is 8.72. The maximum Gasteiger partial charge on any atom is 0.270 e. The third-order valence-corrected chi connectivity index (χ3v) is 6.67. The predicted molar refractivity (Wildman–Crippen MR) is 152 cm³/mol. The molecule has 4 aromatic carbocycles. The van der Waals surface area contributed by atoms with Gasteiger partial charge in [-0.05, 0) is 91.7 Å². The molecule has 4 heteroatoms. The number of rotatable bonds is 4. The van der Waals surface area contributed by atoms with E-state index < -0.39 is 0 Å². The highest BCUT2D eigenvalue weighted by Crippen LogP contribution is 2.38. The van der Waals surface area contributed by atoms with Crippen LogP contribution < -0.4 is 0 Å². The first-order valence-corrected chi connectivity index (χ1v) is 12.2. The monoisotopic (exact) mass is 484 g/mol. The molecule has 0 spiro atoms. The summed E-state index contributed by atoms with van der Waals surface area (Å²) in [5, 5.41) is 11.6. The van der Waals surface area contributed by atoms with Gasteiger partial charge in [-0.3, -0.25) is 0 Å². The summed E-state index contributed by atoms with van der Waals surface area (Å²) < 4.78 is 0. The number of hydrogen-bond donors (Lipinski definition) is 0. The van der Waals surface area contributed by atoms with Crippen molar-refractivity contribution < 1.29 is 0 Å². The molecule has 0 N–H and O–H groups in total. The van der Waals surface area contributed by atoms with Gasteiger partial charge < -0.3 is 4.85 Å². The van der Waals surface area contributed by atoms with Gasteiger partial charge in [0.15, 0.2) is 0 Å². The molecule has 176 valence electrons. The van der Waals surface area contributed by atoms with Crippen molar-refractivity contribution in [2.24, 2.45) is 0 Å². The minimum Gasteiger partial charge on any atom is -0.361 e. The molecule has 0 aliphatic heterocycles. The van der Waals surface area contributed by atoms with Gasteiger partial charge in [0.1, 0.15) is 18.0 Å². The van der Waals surface area contributed by atoms with E-state index in [9.17, 15) is 5.26 Å². The molecule has 0 fully saturated rings. The van der Waals surface area contributed by atoms with Crippen molar-refractivity contribution in [3.05, 3.63) is 139 Å². The number of pyridine rings is 2. The average molecular weight is 485 g/mol. The molecule has 0 atom stereocenters. The van der Waals surface area contributed by atoms with E-state index in [1.807, 2.05) is 24.3 Å². The second kappa shape index (κ2) is 9.82. The lowest BCUT2D eigenvalue weighted by atomic mass is 9.90. The molecular weight excluding hydrogens is 464 g/mol. The summed E-state index contributed by atoms with van der Waals surface area (Å²) in [6.07, 6.45) is 3.36. The second-order valence-corrected chi connectivity index (χ2v) is 8.92. The van der Waals surface area contributed by atoms with E-state index in [2.05, 4.69) is 106 Å². The quantitative estimate of drug-likeness (QED) is 0.235. The average Bonchev–Trinajstić information content (AvgIpc) is 3.00. The highest BCUT2D eigenvalue weighted by Gasteiger charge is 2.12. The lowest BCUT2D eigenvalue weighted by Crippen LogP contribution is -1.88. The highest BCUT2D eigenvalue weighted by molar-refractivity contribution is 6.05. The summed E-state index contributed by atoms with van der Waals surface area (Å²) in [7, 11) is 0. The first kappa shape index (κ1) is 22.9. The summed E-state index contributed by atoms with van der Waals surface area (Å²) in [4.78, 5) is 11.7. The van der Waals surface area contributed by atoms with Crippen molar-refractivity contribution in [1.82, 2.24) is 9.97 Å². The second-order valence-electron chi connectivity index (χ2n) is 8.92. The Balaban J connectivity index is 1.46. The molecule has 0 saturated carbocycles. The largest absolute Gasteiger partial charge is 0.361 e. The van der Waals surface area contributed by atoms with E-state index >= 15 is 0 Å². The molecule has 0 radical (unpaired) electrons. The smallest absolute Gasteiger partial charge is 0.270 e. The van der Waals surface area contributed by atoms with Crippen LogP contribution in [0.4, 0.5) is 5.82 Å². The molecule has 2 heterocycles. The number of benzene rings is 4. The van der Waals surface area contributed by atoms with E-state index in [1.165, 1.54) is 10.8 Å². The fourth-order valence-corrected chi connectivity index (χ4v) is 4.87. The maximum absolute atomic E-state index is 9.26. The van der Waals surface area contributed by atoms with Gasteiger partial charge in [0.2, 0.25) is 0 Å². The summed E-state index contributed by atoms with van der Waals surface area (Å²) in [6.45, 7) is 7.29. The number of fused-ring (bicyclic) bond motifs is 1. The number of nitriles is 1. The Morgan fingerprint density at radius 2 is 1.08 bits per heavy atom. The molecule has 0 bridgehead atoms. The lowest BCUT2D eigenvalue weighted by Gasteiger charge is -2.14. The summed E-state index contributed by atoms with van der Waals surface area (Å²) in [6, 6.07) is 39.3. The molecule has 6 rings (SSSR count). The molecule has 0 aliphatic carbocycles. The van der Waals surface area contributed by atoms with Crippen LogP contribution in [0.5, 0.6) is 0 Å². The summed E-state index contributed by atoms with van der Waals surface area (Å²) in [5.74, 6) is 0.389. The van der Waals surface area contributed by atoms with Crippen molar-refractivity contribution in [3.63, 3.8) is 0 Å². The van der Waals surface area contributed by atoms with Crippen LogP contribution in [0.1, 0.15) is 5.69 Å². The number of nitrogens with zero attached hydrogens (tertiary/aromatic N) is 4. The molecule has 6 aromatic rings. The first-order valence-electron chi connectivity index (χ1n) is 12.2. The van der Waals surface area contributed by atoms with Crippen LogP contribution >= 0.6 is 0 Å². The van der Waals surface area contributed by atoms with Gasteiger partial charge in [-0.1, -0.05) is 79.4 Å². The molecule has 0 aliphatic rings. The first-order chi connectivity index (χ1) is 18.7. The molecular formula is C34H20N4. The molecule has 4 nitrogen and oxygen atoms in total. The van der Waals surface area contributed by atoms with Crippen LogP contribution in [0.15, 0.2) is 122 Å². The fraction of sp³-hybridized carbons (Fsp3) is 0. The molecule has 0 saturated heterocycles. The topological polar surface area (TPSA) is 53.9 Å². The van der Waals surface area contributed by atoms with Gasteiger partial charge in [-0.15, -0.1) is 4.98 Å². The lowest BCUT2D eigenvalue weighted by molar-refractivity contribution is 1.26. The normalized spacial score (nSPS) is 10.6. The molecule has 0 unspecified atom stereocenters. The van der Waals surface area contributed by atoms with E-state index in [0.717, 1.165) is 44.5 Å². The van der Waals surface area contributed by atoms with E-state index in [-0.39, 0.29) is 0 Å². The maximum atomic E-state index is 9.26. The van der Waals surface area contributed by atoms with Crippen LogP contribution in [0.3, 0.4) is 0 Å². The van der Waals surface area contributed by atoms with Gasteiger partial charge in [-0.25, -0.2) is 4.98 Å². The van der Waals surface area contributed by atoms with Crippen LogP contribution in [0.25, 0.3) is 60.1 Å². The van der Waals surface area contributed by atoms with E-state index in [4.69, 9.17) is 6.57 Å². The van der Waals surface area contributed by atoms with Crippen LogP contribution in [-0.4, -0.2) is 9.97 Å². The zero-order valence-corrected chi connectivity index (χ0v) is 20.3. The Morgan fingerprint density at radius 1 is 0.553 bits per heavy atom. The van der Waals surface area contributed by atoms with Crippen molar-refractivity contribution in [2.45, 2.75) is 0 Å². The fourth-order valence-electron chi connectivity index (χ4n) is 4.87. The standard InChI is InChI=1S/C34H20N4/c1-36-34-21-26(15-17-38-34)24-7-5-9-28(19-24)31-13-12-30(32-10-2-3-11-33(31)32)27-8-4-6-23(18-27)25-14-16-37-29(20-25)22-35/h2-21H. The molecule has 2 aromatic heterocycles. The number of aromatic nitrogens is 2. The Labute approximate surface area is 221 Å². The van der Waals surface area contributed by atoms with Crippen LogP contribution in [-0.2, 0) is 0 Å². The highest BCUT2D eigenvalue weighted by atomic mass is 14.8. The Bertz CT molecular complexity index is 1770. The summed E-state index contributed by atoms with van der Waals surface area (Å²) in [5.41, 5.74) is 8.95. The third kappa shape index (κ3) is 4.28. The van der Waals surface area contributed by atoms with Crippen LogP contribution in [0.2, 0.25) is 0 Å². The van der Waals surface area contributed by atoms with Gasteiger partial charge in [0, 0.05) is 6.20 Å². The SMILES string of the molecule is [C-]#[N+]c1cc(-c2cccc(-c3ccc(-c4cccc(-c5ccnc(C#N)c5)c4)c4ccccc34)c2)ccn1. The molecule has 38 heavy (non-hydrogen) atoms. The Hall–Kier alpha value is -5.58.